The molecule has 2 unspecified atom stereocenters. The number of rotatable bonds is 11. The monoisotopic (exact) mass is 353 g/mol. The highest BCUT2D eigenvalue weighted by Crippen LogP contribution is 2.45. The minimum atomic E-state index is -1.34. The molecule has 2 atom stereocenters. The lowest BCUT2D eigenvalue weighted by molar-refractivity contribution is -0.143. The van der Waals surface area contributed by atoms with Crippen LogP contribution in [-0.2, 0) is 4.79 Å². The summed E-state index contributed by atoms with van der Waals surface area (Å²) in [5.41, 5.74) is 5.50. The minimum absolute atomic E-state index is 0.130. The van der Waals surface area contributed by atoms with E-state index in [1.165, 1.54) is 6.92 Å². The summed E-state index contributed by atoms with van der Waals surface area (Å²) in [5, 5.41) is 9.40. The van der Waals surface area contributed by atoms with Gasteiger partial charge in [0.15, 0.2) is 11.5 Å². The molecule has 25 heavy (non-hydrogen) atoms. The van der Waals surface area contributed by atoms with Gasteiger partial charge in [0.1, 0.15) is 11.3 Å². The SMILES string of the molecule is CCOc1ccc(OCC)c(C(CC)CC(C)(N)C(=O)O)c1OCC. The van der Waals surface area contributed by atoms with Crippen molar-refractivity contribution in [2.24, 2.45) is 5.73 Å². The van der Waals surface area contributed by atoms with Gasteiger partial charge in [-0.25, -0.2) is 0 Å². The van der Waals surface area contributed by atoms with Crippen LogP contribution in [0.15, 0.2) is 12.1 Å². The summed E-state index contributed by atoms with van der Waals surface area (Å²) in [6.07, 6.45) is 0.977. The molecule has 1 aromatic rings. The quantitative estimate of drug-likeness (QED) is 0.632. The molecule has 0 amide bonds. The molecule has 0 fully saturated rings. The van der Waals surface area contributed by atoms with E-state index in [-0.39, 0.29) is 12.3 Å². The Balaban J connectivity index is 3.47. The van der Waals surface area contributed by atoms with E-state index >= 15 is 0 Å². The maximum atomic E-state index is 11.5. The Labute approximate surface area is 150 Å². The zero-order valence-electron chi connectivity index (χ0n) is 15.9. The third-order valence-corrected chi connectivity index (χ3v) is 4.07. The zero-order chi connectivity index (χ0) is 19.0. The topological polar surface area (TPSA) is 91.0 Å². The molecule has 0 aliphatic heterocycles. The lowest BCUT2D eigenvalue weighted by Crippen LogP contribution is -2.46. The van der Waals surface area contributed by atoms with Crippen LogP contribution in [0.4, 0.5) is 0 Å². The lowest BCUT2D eigenvalue weighted by Gasteiger charge is -2.29. The van der Waals surface area contributed by atoms with Gasteiger partial charge >= 0.3 is 5.97 Å². The van der Waals surface area contributed by atoms with Gasteiger partial charge < -0.3 is 25.1 Å². The molecule has 0 aromatic heterocycles. The Morgan fingerprint density at radius 2 is 1.60 bits per heavy atom. The predicted molar refractivity (Wildman–Crippen MR) is 97.8 cm³/mol. The maximum Gasteiger partial charge on any atom is 0.323 e. The van der Waals surface area contributed by atoms with Crippen LogP contribution in [0.5, 0.6) is 17.2 Å². The first-order chi connectivity index (χ1) is 11.8. The molecule has 0 saturated heterocycles. The van der Waals surface area contributed by atoms with Gasteiger partial charge in [-0.05, 0) is 58.6 Å². The predicted octanol–water partition coefficient (Wildman–Crippen LogP) is 3.57. The molecule has 0 aliphatic rings. The van der Waals surface area contributed by atoms with Gasteiger partial charge in [0.05, 0.1) is 19.8 Å². The fraction of sp³-hybridized carbons (Fsp3) is 0.632. The molecular formula is C19H31NO5. The fourth-order valence-electron chi connectivity index (χ4n) is 2.84. The molecule has 0 spiro atoms. The molecule has 0 saturated carbocycles. The van der Waals surface area contributed by atoms with Crippen LogP contribution in [0, 0.1) is 0 Å². The standard InChI is InChI=1S/C19H31NO5/c1-6-13(12-19(5,20)18(21)22)16-14(23-7-2)10-11-15(24-8-3)17(16)25-9-4/h10-11,13H,6-9,12,20H2,1-5H3,(H,21,22). The Kier molecular flexibility index (Phi) is 8.03. The highest BCUT2D eigenvalue weighted by Gasteiger charge is 2.34. The molecule has 6 heteroatoms. The van der Waals surface area contributed by atoms with Crippen molar-refractivity contribution in [1.29, 1.82) is 0 Å². The van der Waals surface area contributed by atoms with Gasteiger partial charge in [-0.1, -0.05) is 6.92 Å². The first-order valence-corrected chi connectivity index (χ1v) is 8.89. The van der Waals surface area contributed by atoms with Crippen LogP contribution in [0.1, 0.15) is 58.9 Å². The summed E-state index contributed by atoms with van der Waals surface area (Å²) in [6.45, 7) is 10.7. The van der Waals surface area contributed by atoms with Gasteiger partial charge in [0, 0.05) is 5.56 Å². The summed E-state index contributed by atoms with van der Waals surface area (Å²) < 4.78 is 17.4. The highest BCUT2D eigenvalue weighted by molar-refractivity contribution is 5.78. The van der Waals surface area contributed by atoms with Crippen LogP contribution >= 0.6 is 0 Å². The molecule has 0 bridgehead atoms. The molecule has 0 aliphatic carbocycles. The number of nitrogens with two attached hydrogens (primary N) is 1. The maximum absolute atomic E-state index is 11.5. The summed E-state index contributed by atoms with van der Waals surface area (Å²) in [5.74, 6) is 0.776. The second-order valence-corrected chi connectivity index (χ2v) is 6.14. The molecule has 1 aromatic carbocycles. The van der Waals surface area contributed by atoms with Crippen molar-refractivity contribution in [3.05, 3.63) is 17.7 Å². The molecule has 6 nitrogen and oxygen atoms in total. The van der Waals surface area contributed by atoms with Crippen molar-refractivity contribution in [1.82, 2.24) is 0 Å². The Morgan fingerprint density at radius 1 is 1.08 bits per heavy atom. The van der Waals surface area contributed by atoms with E-state index in [1.54, 1.807) is 0 Å². The van der Waals surface area contributed by atoms with E-state index in [1.807, 2.05) is 39.8 Å². The van der Waals surface area contributed by atoms with Crippen molar-refractivity contribution in [2.45, 2.75) is 58.9 Å². The van der Waals surface area contributed by atoms with Crippen LogP contribution in [0.25, 0.3) is 0 Å². The second-order valence-electron chi connectivity index (χ2n) is 6.14. The van der Waals surface area contributed by atoms with Gasteiger partial charge in [-0.3, -0.25) is 4.79 Å². The summed E-state index contributed by atoms with van der Waals surface area (Å²) in [7, 11) is 0. The van der Waals surface area contributed by atoms with Gasteiger partial charge in [-0.2, -0.15) is 0 Å². The normalized spacial score (nSPS) is 14.5. The molecule has 3 N–H and O–H groups in total. The number of hydrogen-bond donors (Lipinski definition) is 2. The van der Waals surface area contributed by atoms with Crippen molar-refractivity contribution in [3.63, 3.8) is 0 Å². The molecule has 1 rings (SSSR count). The van der Waals surface area contributed by atoms with E-state index in [0.29, 0.717) is 43.5 Å². The van der Waals surface area contributed by atoms with Crippen LogP contribution in [0.3, 0.4) is 0 Å². The first-order valence-electron chi connectivity index (χ1n) is 8.89. The number of carboxylic acid groups (broad SMARTS) is 1. The van der Waals surface area contributed by atoms with Crippen LogP contribution in [0.2, 0.25) is 0 Å². The van der Waals surface area contributed by atoms with Crippen molar-refractivity contribution >= 4 is 5.97 Å². The van der Waals surface area contributed by atoms with E-state index < -0.39 is 11.5 Å². The Bertz CT molecular complexity index is 571. The van der Waals surface area contributed by atoms with E-state index in [9.17, 15) is 9.90 Å². The number of benzene rings is 1. The third kappa shape index (κ3) is 5.26. The number of carbonyl (C=O) groups is 1. The highest BCUT2D eigenvalue weighted by atomic mass is 16.5. The van der Waals surface area contributed by atoms with Crippen molar-refractivity contribution < 1.29 is 24.1 Å². The zero-order valence-corrected chi connectivity index (χ0v) is 15.9. The fourth-order valence-corrected chi connectivity index (χ4v) is 2.84. The number of hydrogen-bond acceptors (Lipinski definition) is 5. The second kappa shape index (κ2) is 9.51. The van der Waals surface area contributed by atoms with Gasteiger partial charge in [0.2, 0.25) is 0 Å². The first kappa shape index (κ1) is 21.1. The average Bonchev–Trinajstić information content (AvgIpc) is 2.56. The lowest BCUT2D eigenvalue weighted by atomic mass is 9.82. The number of carboxylic acids is 1. The van der Waals surface area contributed by atoms with Crippen molar-refractivity contribution in [2.75, 3.05) is 19.8 Å². The number of aliphatic carboxylic acids is 1. The van der Waals surface area contributed by atoms with Gasteiger partial charge in [0.25, 0.3) is 0 Å². The Hall–Kier alpha value is -1.95. The smallest absolute Gasteiger partial charge is 0.323 e. The Morgan fingerprint density at radius 3 is 2.08 bits per heavy atom. The van der Waals surface area contributed by atoms with Crippen LogP contribution in [-0.4, -0.2) is 36.4 Å². The summed E-state index contributed by atoms with van der Waals surface area (Å²) in [6, 6.07) is 3.68. The summed E-state index contributed by atoms with van der Waals surface area (Å²) >= 11 is 0. The van der Waals surface area contributed by atoms with Crippen LogP contribution < -0.4 is 19.9 Å². The molecule has 0 heterocycles. The molecular weight excluding hydrogens is 322 g/mol. The third-order valence-electron chi connectivity index (χ3n) is 4.07. The van der Waals surface area contributed by atoms with Crippen molar-refractivity contribution in [3.8, 4) is 17.2 Å². The van der Waals surface area contributed by atoms with E-state index in [4.69, 9.17) is 19.9 Å². The average molecular weight is 353 g/mol. The van der Waals surface area contributed by atoms with E-state index in [0.717, 1.165) is 5.56 Å². The summed E-state index contributed by atoms with van der Waals surface area (Å²) in [4.78, 5) is 11.5. The molecule has 142 valence electrons. The minimum Gasteiger partial charge on any atom is -0.493 e. The van der Waals surface area contributed by atoms with E-state index in [2.05, 4.69) is 0 Å². The number of ether oxygens (including phenoxy) is 3. The molecule has 0 radical (unpaired) electrons. The van der Waals surface area contributed by atoms with Gasteiger partial charge in [-0.15, -0.1) is 0 Å². The largest absolute Gasteiger partial charge is 0.493 e.